The van der Waals surface area contributed by atoms with Crippen LogP contribution in [0.5, 0.6) is 5.75 Å². The van der Waals surface area contributed by atoms with E-state index in [0.717, 1.165) is 31.5 Å². The lowest BCUT2D eigenvalue weighted by Crippen LogP contribution is -2.45. The lowest BCUT2D eigenvalue weighted by atomic mass is 10.1. The molecule has 0 bridgehead atoms. The number of alkyl halides is 3. The molecule has 20 heavy (non-hydrogen) atoms. The molecule has 1 saturated heterocycles. The molecule has 1 aromatic rings. The van der Waals surface area contributed by atoms with Gasteiger partial charge in [0.1, 0.15) is 5.75 Å². The summed E-state index contributed by atoms with van der Waals surface area (Å²) in [6.45, 7) is 1.59. The third-order valence-corrected chi connectivity index (χ3v) is 2.96. The first kappa shape index (κ1) is 14.6. The predicted molar refractivity (Wildman–Crippen MR) is 66.5 cm³/mol. The summed E-state index contributed by atoms with van der Waals surface area (Å²) in [6.07, 6.45) is -2.94. The van der Waals surface area contributed by atoms with Gasteiger partial charge in [-0.2, -0.15) is 0 Å². The van der Waals surface area contributed by atoms with Gasteiger partial charge in [-0.15, -0.1) is 13.2 Å². The van der Waals surface area contributed by atoms with Crippen molar-refractivity contribution in [2.24, 2.45) is 0 Å². The number of ether oxygens (including phenoxy) is 1. The smallest absolute Gasteiger partial charge is 0.406 e. The van der Waals surface area contributed by atoms with Crippen molar-refractivity contribution in [3.63, 3.8) is 0 Å². The van der Waals surface area contributed by atoms with Crippen molar-refractivity contribution in [2.45, 2.75) is 25.2 Å². The zero-order valence-electron chi connectivity index (χ0n) is 10.7. The summed E-state index contributed by atoms with van der Waals surface area (Å²) in [7, 11) is 0. The molecule has 110 valence electrons. The van der Waals surface area contributed by atoms with Gasteiger partial charge in [-0.3, -0.25) is 4.79 Å². The van der Waals surface area contributed by atoms with Crippen molar-refractivity contribution < 1.29 is 22.7 Å². The maximum absolute atomic E-state index is 12.1. The molecule has 1 atom stereocenters. The number of amides is 1. The van der Waals surface area contributed by atoms with Crippen molar-refractivity contribution in [3.8, 4) is 5.75 Å². The predicted octanol–water partition coefficient (Wildman–Crippen LogP) is 2.07. The molecule has 4 nitrogen and oxygen atoms in total. The summed E-state index contributed by atoms with van der Waals surface area (Å²) in [6, 6.07) is 5.05. The molecule has 1 aromatic carbocycles. The highest BCUT2D eigenvalue weighted by atomic mass is 19.4. The third-order valence-electron chi connectivity index (χ3n) is 2.96. The van der Waals surface area contributed by atoms with Crippen LogP contribution in [-0.4, -0.2) is 31.4 Å². The van der Waals surface area contributed by atoms with Crippen LogP contribution in [0.2, 0.25) is 0 Å². The van der Waals surface area contributed by atoms with E-state index >= 15 is 0 Å². The summed E-state index contributed by atoms with van der Waals surface area (Å²) < 4.78 is 40.1. The molecular weight excluding hydrogens is 273 g/mol. The number of carbonyl (C=O) groups is 1. The fourth-order valence-electron chi connectivity index (χ4n) is 2.08. The normalized spacial score (nSPS) is 19.4. The summed E-state index contributed by atoms with van der Waals surface area (Å²) in [5.41, 5.74) is 0.150. The Labute approximate surface area is 114 Å². The van der Waals surface area contributed by atoms with Gasteiger partial charge in [-0.25, -0.2) is 0 Å². The summed E-state index contributed by atoms with van der Waals surface area (Å²) in [5, 5.41) is 5.93. The fourth-order valence-corrected chi connectivity index (χ4v) is 2.08. The Balaban J connectivity index is 2.00. The zero-order chi connectivity index (χ0) is 14.6. The van der Waals surface area contributed by atoms with E-state index in [1.165, 1.54) is 12.1 Å². The molecular formula is C13H15F3N2O2. The minimum absolute atomic E-state index is 0.00319. The highest BCUT2D eigenvalue weighted by Gasteiger charge is 2.31. The number of hydrogen-bond acceptors (Lipinski definition) is 3. The average Bonchev–Trinajstić information content (AvgIpc) is 2.38. The highest BCUT2D eigenvalue weighted by Crippen LogP contribution is 2.23. The van der Waals surface area contributed by atoms with Crippen LogP contribution in [0.15, 0.2) is 24.3 Å². The molecule has 2 N–H and O–H groups in total. The lowest BCUT2D eigenvalue weighted by molar-refractivity contribution is -0.274. The third kappa shape index (κ3) is 4.41. The van der Waals surface area contributed by atoms with Gasteiger partial charge in [0.05, 0.1) is 0 Å². The first-order valence-electron chi connectivity index (χ1n) is 6.31. The number of benzene rings is 1. The van der Waals surface area contributed by atoms with Gasteiger partial charge < -0.3 is 15.4 Å². The van der Waals surface area contributed by atoms with Crippen molar-refractivity contribution in [1.29, 1.82) is 0 Å². The van der Waals surface area contributed by atoms with Gasteiger partial charge in [0.15, 0.2) is 0 Å². The van der Waals surface area contributed by atoms with Crippen LogP contribution in [0.3, 0.4) is 0 Å². The van der Waals surface area contributed by atoms with Crippen LogP contribution in [0.4, 0.5) is 13.2 Å². The van der Waals surface area contributed by atoms with Gasteiger partial charge >= 0.3 is 6.36 Å². The van der Waals surface area contributed by atoms with Crippen molar-refractivity contribution in [1.82, 2.24) is 10.6 Å². The van der Waals surface area contributed by atoms with E-state index in [9.17, 15) is 18.0 Å². The van der Waals surface area contributed by atoms with Crippen LogP contribution in [0.1, 0.15) is 23.2 Å². The Morgan fingerprint density at radius 1 is 1.40 bits per heavy atom. The molecule has 7 heteroatoms. The molecule has 1 aliphatic heterocycles. The minimum Gasteiger partial charge on any atom is -0.406 e. The number of hydrogen-bond donors (Lipinski definition) is 2. The van der Waals surface area contributed by atoms with Crippen LogP contribution in [0.25, 0.3) is 0 Å². The average molecular weight is 288 g/mol. The lowest BCUT2D eigenvalue weighted by Gasteiger charge is -2.23. The van der Waals surface area contributed by atoms with E-state index in [4.69, 9.17) is 0 Å². The van der Waals surface area contributed by atoms with E-state index in [0.29, 0.717) is 6.54 Å². The van der Waals surface area contributed by atoms with Crippen LogP contribution in [-0.2, 0) is 0 Å². The number of piperidine rings is 1. The van der Waals surface area contributed by atoms with Crippen molar-refractivity contribution in [3.05, 3.63) is 29.8 Å². The van der Waals surface area contributed by atoms with Gasteiger partial charge in [-0.05, 0) is 37.6 Å². The summed E-state index contributed by atoms with van der Waals surface area (Å²) >= 11 is 0. The standard InChI is InChI=1S/C13H15F3N2O2/c14-13(15,16)20-11-5-1-3-9(7-11)12(19)18-10-4-2-6-17-8-10/h1,3,5,7,10,17H,2,4,6,8H2,(H,18,19)/t10-/m0/s1. The van der Waals surface area contributed by atoms with Gasteiger partial charge in [0.2, 0.25) is 0 Å². The van der Waals surface area contributed by atoms with E-state index in [-0.39, 0.29) is 11.6 Å². The maximum Gasteiger partial charge on any atom is 0.573 e. The van der Waals surface area contributed by atoms with E-state index in [1.807, 2.05) is 0 Å². The monoisotopic (exact) mass is 288 g/mol. The molecule has 0 spiro atoms. The SMILES string of the molecule is O=C(N[C@H]1CCCNC1)c1cccc(OC(F)(F)F)c1. The highest BCUT2D eigenvalue weighted by molar-refractivity contribution is 5.94. The molecule has 0 radical (unpaired) electrons. The molecule has 1 fully saturated rings. The number of carbonyl (C=O) groups excluding carboxylic acids is 1. The van der Waals surface area contributed by atoms with Crippen LogP contribution >= 0.6 is 0 Å². The number of nitrogens with one attached hydrogen (secondary N) is 2. The summed E-state index contributed by atoms with van der Waals surface area (Å²) in [4.78, 5) is 12.0. The second-order valence-corrected chi connectivity index (χ2v) is 4.59. The molecule has 0 unspecified atom stereocenters. The Morgan fingerprint density at radius 2 is 2.20 bits per heavy atom. The van der Waals surface area contributed by atoms with E-state index in [2.05, 4.69) is 15.4 Å². The number of halogens is 3. The van der Waals surface area contributed by atoms with Crippen molar-refractivity contribution >= 4 is 5.91 Å². The van der Waals surface area contributed by atoms with Crippen molar-refractivity contribution in [2.75, 3.05) is 13.1 Å². The molecule has 0 aliphatic carbocycles. The first-order valence-corrected chi connectivity index (χ1v) is 6.31. The molecule has 0 aromatic heterocycles. The second kappa shape index (κ2) is 6.13. The van der Waals surface area contributed by atoms with Gasteiger partial charge in [-0.1, -0.05) is 6.07 Å². The minimum atomic E-state index is -4.76. The quantitative estimate of drug-likeness (QED) is 0.895. The molecule has 0 saturated carbocycles. The Kier molecular flexibility index (Phi) is 4.49. The molecule has 1 heterocycles. The Hall–Kier alpha value is -1.76. The molecule has 1 aliphatic rings. The molecule has 1 amide bonds. The molecule has 2 rings (SSSR count). The topological polar surface area (TPSA) is 50.4 Å². The summed E-state index contributed by atoms with van der Waals surface area (Å²) in [5.74, 6) is -0.793. The van der Waals surface area contributed by atoms with E-state index in [1.54, 1.807) is 0 Å². The zero-order valence-corrected chi connectivity index (χ0v) is 10.7. The van der Waals surface area contributed by atoms with Gasteiger partial charge in [0, 0.05) is 18.2 Å². The maximum atomic E-state index is 12.1. The number of rotatable bonds is 3. The van der Waals surface area contributed by atoms with Gasteiger partial charge in [0.25, 0.3) is 5.91 Å². The fraction of sp³-hybridized carbons (Fsp3) is 0.462. The van der Waals surface area contributed by atoms with E-state index < -0.39 is 18.0 Å². The second-order valence-electron chi connectivity index (χ2n) is 4.59. The van der Waals surface area contributed by atoms with Crippen LogP contribution < -0.4 is 15.4 Å². The largest absolute Gasteiger partial charge is 0.573 e. The Bertz CT molecular complexity index is 471. The van der Waals surface area contributed by atoms with Crippen LogP contribution in [0, 0.1) is 0 Å². The first-order chi connectivity index (χ1) is 9.44. The Morgan fingerprint density at radius 3 is 2.85 bits per heavy atom.